The first-order valence-electron chi connectivity index (χ1n) is 6.09. The van der Waals surface area contributed by atoms with E-state index in [2.05, 4.69) is 11.4 Å². The summed E-state index contributed by atoms with van der Waals surface area (Å²) in [4.78, 5) is 11.8. The van der Waals surface area contributed by atoms with Crippen molar-refractivity contribution < 1.29 is 9.53 Å². The lowest BCUT2D eigenvalue weighted by Crippen LogP contribution is -2.50. The van der Waals surface area contributed by atoms with Crippen LogP contribution in [0.4, 0.5) is 0 Å². The van der Waals surface area contributed by atoms with Crippen molar-refractivity contribution in [3.63, 3.8) is 0 Å². The molecule has 4 nitrogen and oxygen atoms in total. The lowest BCUT2D eigenvalue weighted by Gasteiger charge is -2.27. The van der Waals surface area contributed by atoms with Crippen LogP contribution in [0.3, 0.4) is 0 Å². The SMILES string of the molecule is CC(C)C(C)(C#N)NC(=O)COc1cccc(Cl)c1Cl. The van der Waals surface area contributed by atoms with Gasteiger partial charge in [-0.15, -0.1) is 0 Å². The van der Waals surface area contributed by atoms with Gasteiger partial charge in [-0.25, -0.2) is 0 Å². The molecule has 1 unspecified atom stereocenters. The number of nitriles is 1. The van der Waals surface area contributed by atoms with E-state index in [1.807, 2.05) is 13.8 Å². The molecule has 6 heteroatoms. The highest BCUT2D eigenvalue weighted by Gasteiger charge is 2.30. The van der Waals surface area contributed by atoms with Crippen molar-refractivity contribution in [2.24, 2.45) is 5.92 Å². The molecule has 1 rings (SSSR count). The fourth-order valence-electron chi connectivity index (χ4n) is 1.37. The molecule has 0 spiro atoms. The Balaban J connectivity index is 2.65. The van der Waals surface area contributed by atoms with Gasteiger partial charge in [0.05, 0.1) is 11.1 Å². The minimum Gasteiger partial charge on any atom is -0.482 e. The molecule has 20 heavy (non-hydrogen) atoms. The van der Waals surface area contributed by atoms with Crippen LogP contribution < -0.4 is 10.1 Å². The molecule has 0 fully saturated rings. The maximum Gasteiger partial charge on any atom is 0.259 e. The van der Waals surface area contributed by atoms with Crippen molar-refractivity contribution in [1.29, 1.82) is 5.26 Å². The average molecular weight is 315 g/mol. The van der Waals surface area contributed by atoms with Crippen molar-refractivity contribution in [2.45, 2.75) is 26.3 Å². The summed E-state index contributed by atoms with van der Waals surface area (Å²) < 4.78 is 5.31. The predicted molar refractivity (Wildman–Crippen MR) is 79.0 cm³/mol. The number of ether oxygens (including phenoxy) is 1. The lowest BCUT2D eigenvalue weighted by atomic mass is 9.90. The molecule has 108 valence electrons. The summed E-state index contributed by atoms with van der Waals surface area (Å²) in [7, 11) is 0. The number of rotatable bonds is 5. The normalized spacial score (nSPS) is 13.4. The molecule has 1 amide bonds. The molecule has 1 N–H and O–H groups in total. The van der Waals surface area contributed by atoms with Crippen LogP contribution >= 0.6 is 23.2 Å². The average Bonchev–Trinajstić information content (AvgIpc) is 2.40. The molecular formula is C14H16Cl2N2O2. The van der Waals surface area contributed by atoms with Gasteiger partial charge < -0.3 is 10.1 Å². The van der Waals surface area contributed by atoms with E-state index in [9.17, 15) is 4.79 Å². The second kappa shape index (κ2) is 6.83. The second-order valence-corrected chi connectivity index (χ2v) is 5.64. The van der Waals surface area contributed by atoms with Gasteiger partial charge in [-0.1, -0.05) is 43.1 Å². The zero-order chi connectivity index (χ0) is 15.3. The second-order valence-electron chi connectivity index (χ2n) is 4.86. The Bertz CT molecular complexity index is 540. The van der Waals surface area contributed by atoms with Gasteiger partial charge in [0, 0.05) is 0 Å². The number of carbonyl (C=O) groups is 1. The molecular weight excluding hydrogens is 299 g/mol. The summed E-state index contributed by atoms with van der Waals surface area (Å²) in [5.74, 6) is -0.0810. The summed E-state index contributed by atoms with van der Waals surface area (Å²) in [5.41, 5.74) is -0.932. The van der Waals surface area contributed by atoms with E-state index >= 15 is 0 Å². The Labute approximate surface area is 128 Å². The number of amides is 1. The molecule has 0 aliphatic heterocycles. The van der Waals surface area contributed by atoms with Crippen molar-refractivity contribution in [1.82, 2.24) is 5.32 Å². The minimum absolute atomic E-state index is 0.0220. The molecule has 1 aromatic carbocycles. The van der Waals surface area contributed by atoms with E-state index in [1.165, 1.54) is 0 Å². The molecule has 1 aromatic rings. The monoisotopic (exact) mass is 314 g/mol. The third-order valence-electron chi connectivity index (χ3n) is 3.06. The van der Waals surface area contributed by atoms with Crippen LogP contribution in [-0.4, -0.2) is 18.1 Å². The molecule has 0 saturated carbocycles. The van der Waals surface area contributed by atoms with E-state index in [1.54, 1.807) is 25.1 Å². The zero-order valence-electron chi connectivity index (χ0n) is 11.5. The Morgan fingerprint density at radius 2 is 2.15 bits per heavy atom. The van der Waals surface area contributed by atoms with Crippen LogP contribution in [0.25, 0.3) is 0 Å². The van der Waals surface area contributed by atoms with Crippen LogP contribution in [0.2, 0.25) is 10.0 Å². The Hall–Kier alpha value is -1.44. The molecule has 1 atom stereocenters. The van der Waals surface area contributed by atoms with Gasteiger partial charge in [0.25, 0.3) is 5.91 Å². The number of carbonyl (C=O) groups excluding carboxylic acids is 1. The van der Waals surface area contributed by atoms with E-state index in [0.717, 1.165) is 0 Å². The maximum atomic E-state index is 11.8. The van der Waals surface area contributed by atoms with Crippen molar-refractivity contribution in [3.05, 3.63) is 28.2 Å². The van der Waals surface area contributed by atoms with E-state index in [0.29, 0.717) is 10.8 Å². The number of hydrogen-bond acceptors (Lipinski definition) is 3. The number of nitrogens with zero attached hydrogens (tertiary/aromatic N) is 1. The smallest absolute Gasteiger partial charge is 0.259 e. The number of nitrogens with one attached hydrogen (secondary N) is 1. The van der Waals surface area contributed by atoms with E-state index < -0.39 is 11.4 Å². The standard InChI is InChI=1S/C14H16Cl2N2O2/c1-9(2)14(3,8-17)18-12(19)7-20-11-6-4-5-10(15)13(11)16/h4-6,9H,7H2,1-3H3,(H,18,19). The first-order valence-corrected chi connectivity index (χ1v) is 6.85. The number of halogens is 2. The summed E-state index contributed by atoms with van der Waals surface area (Å²) in [5, 5.41) is 12.4. The Kier molecular flexibility index (Phi) is 5.67. The highest BCUT2D eigenvalue weighted by molar-refractivity contribution is 6.42. The van der Waals surface area contributed by atoms with Gasteiger partial charge in [-0.2, -0.15) is 5.26 Å². The van der Waals surface area contributed by atoms with Crippen LogP contribution in [0.5, 0.6) is 5.75 Å². The summed E-state index contributed by atoms with van der Waals surface area (Å²) in [6.07, 6.45) is 0. The van der Waals surface area contributed by atoms with Gasteiger partial charge in [0.2, 0.25) is 0 Å². The minimum atomic E-state index is -0.932. The summed E-state index contributed by atoms with van der Waals surface area (Å²) >= 11 is 11.8. The summed E-state index contributed by atoms with van der Waals surface area (Å²) in [6.45, 7) is 5.16. The van der Waals surface area contributed by atoms with Crippen molar-refractivity contribution in [3.8, 4) is 11.8 Å². The molecule has 0 aromatic heterocycles. The van der Waals surface area contributed by atoms with Crippen LogP contribution in [0.15, 0.2) is 18.2 Å². The Morgan fingerprint density at radius 1 is 1.50 bits per heavy atom. The quantitative estimate of drug-likeness (QED) is 0.905. The van der Waals surface area contributed by atoms with Gasteiger partial charge in [0.1, 0.15) is 16.3 Å². The largest absolute Gasteiger partial charge is 0.482 e. The van der Waals surface area contributed by atoms with Gasteiger partial charge in [-0.05, 0) is 25.0 Å². The van der Waals surface area contributed by atoms with Crippen LogP contribution in [0, 0.1) is 17.2 Å². The zero-order valence-corrected chi connectivity index (χ0v) is 13.0. The molecule has 0 bridgehead atoms. The van der Waals surface area contributed by atoms with E-state index in [4.69, 9.17) is 33.2 Å². The molecule has 0 aliphatic rings. The third-order valence-corrected chi connectivity index (χ3v) is 3.86. The highest BCUT2D eigenvalue weighted by atomic mass is 35.5. The topological polar surface area (TPSA) is 62.1 Å². The first kappa shape index (κ1) is 16.6. The molecule has 0 aliphatic carbocycles. The Morgan fingerprint density at radius 3 is 2.70 bits per heavy atom. The molecule has 0 heterocycles. The van der Waals surface area contributed by atoms with Gasteiger partial charge in [-0.3, -0.25) is 4.79 Å². The van der Waals surface area contributed by atoms with Gasteiger partial charge >= 0.3 is 0 Å². The number of benzene rings is 1. The van der Waals surface area contributed by atoms with Crippen LogP contribution in [-0.2, 0) is 4.79 Å². The third kappa shape index (κ3) is 4.03. The van der Waals surface area contributed by atoms with Crippen molar-refractivity contribution >= 4 is 29.1 Å². The lowest BCUT2D eigenvalue weighted by molar-refractivity contribution is -0.124. The fourth-order valence-corrected chi connectivity index (χ4v) is 1.71. The van der Waals surface area contributed by atoms with E-state index in [-0.39, 0.29) is 17.5 Å². The number of hydrogen-bond donors (Lipinski definition) is 1. The highest BCUT2D eigenvalue weighted by Crippen LogP contribution is 2.31. The maximum absolute atomic E-state index is 11.8. The van der Waals surface area contributed by atoms with Crippen LogP contribution in [0.1, 0.15) is 20.8 Å². The fraction of sp³-hybridized carbons (Fsp3) is 0.429. The van der Waals surface area contributed by atoms with Gasteiger partial charge in [0.15, 0.2) is 6.61 Å². The molecule has 0 saturated heterocycles. The molecule has 0 radical (unpaired) electrons. The summed E-state index contributed by atoms with van der Waals surface area (Å²) in [6, 6.07) is 7.01. The van der Waals surface area contributed by atoms with Crippen molar-refractivity contribution in [2.75, 3.05) is 6.61 Å². The first-order chi connectivity index (χ1) is 9.30. The predicted octanol–water partition coefficient (Wildman–Crippen LogP) is 3.43.